The summed E-state index contributed by atoms with van der Waals surface area (Å²) in [7, 11) is 3.42. The van der Waals surface area contributed by atoms with Crippen LogP contribution in [0.15, 0.2) is 48.5 Å². The Morgan fingerprint density at radius 3 is 2.38 bits per heavy atom. The molecule has 0 heterocycles. The lowest BCUT2D eigenvalue weighted by molar-refractivity contribution is -0.136. The molecule has 130 valence electrons. The predicted molar refractivity (Wildman–Crippen MR) is 99.4 cm³/mol. The van der Waals surface area contributed by atoms with Crippen molar-refractivity contribution in [3.63, 3.8) is 0 Å². The maximum Gasteiger partial charge on any atom is 0.247 e. The van der Waals surface area contributed by atoms with Crippen molar-refractivity contribution in [2.75, 3.05) is 14.2 Å². The molecule has 0 radical (unpaired) electrons. The van der Waals surface area contributed by atoms with Crippen LogP contribution in [0.25, 0.3) is 0 Å². The normalized spacial score (nSPS) is 12.7. The van der Waals surface area contributed by atoms with Crippen LogP contribution < -0.4 is 10.5 Å². The summed E-state index contributed by atoms with van der Waals surface area (Å²) in [6, 6.07) is 15.4. The molecule has 5 heteroatoms. The van der Waals surface area contributed by atoms with Crippen LogP contribution in [0.5, 0.6) is 5.75 Å². The van der Waals surface area contributed by atoms with Crippen LogP contribution in [-0.4, -0.2) is 25.0 Å². The van der Waals surface area contributed by atoms with Gasteiger partial charge in [0.2, 0.25) is 5.91 Å². The summed E-state index contributed by atoms with van der Waals surface area (Å²) < 4.78 is 5.26. The zero-order valence-corrected chi connectivity index (χ0v) is 15.4. The smallest absolute Gasteiger partial charge is 0.247 e. The van der Waals surface area contributed by atoms with Crippen molar-refractivity contribution in [2.45, 2.75) is 25.9 Å². The number of amides is 1. The van der Waals surface area contributed by atoms with E-state index in [0.29, 0.717) is 6.54 Å². The van der Waals surface area contributed by atoms with E-state index >= 15 is 0 Å². The fraction of sp³-hybridized carbons (Fsp3) is 0.316. The van der Waals surface area contributed by atoms with E-state index in [2.05, 4.69) is 0 Å². The predicted octanol–water partition coefficient (Wildman–Crippen LogP) is 3.26. The van der Waals surface area contributed by atoms with Gasteiger partial charge in [0, 0.05) is 13.6 Å². The molecule has 1 unspecified atom stereocenters. The molecule has 2 rings (SSSR count). The van der Waals surface area contributed by atoms with Gasteiger partial charge in [0.15, 0.2) is 0 Å². The number of nitrogens with zero attached hydrogens (tertiary/aromatic N) is 1. The van der Waals surface area contributed by atoms with E-state index < -0.39 is 5.54 Å². The summed E-state index contributed by atoms with van der Waals surface area (Å²) in [5.74, 6) is 0.729. The summed E-state index contributed by atoms with van der Waals surface area (Å²) in [6.07, 6.45) is 0. The molecule has 4 nitrogen and oxygen atoms in total. The average molecular weight is 349 g/mol. The van der Waals surface area contributed by atoms with Crippen molar-refractivity contribution in [2.24, 2.45) is 5.73 Å². The highest BCUT2D eigenvalue weighted by atomic mass is 35.5. The molecule has 0 saturated heterocycles. The van der Waals surface area contributed by atoms with E-state index in [1.165, 1.54) is 0 Å². The minimum atomic E-state index is -1.04. The quantitative estimate of drug-likeness (QED) is 0.902. The number of hydrogen-bond donors (Lipinski definition) is 1. The molecule has 0 saturated carbocycles. The number of benzene rings is 2. The molecule has 0 aliphatic rings. The Labute approximate surface area is 150 Å². The SMILES string of the molecule is COc1ccc(CN(C)C(=O)C(C)(N)c2ccccc2)cc1C.Cl. The fourth-order valence-electron chi connectivity index (χ4n) is 2.69. The molecule has 24 heavy (non-hydrogen) atoms. The first-order chi connectivity index (χ1) is 10.9. The highest BCUT2D eigenvalue weighted by molar-refractivity contribution is 5.86. The molecular weight excluding hydrogens is 324 g/mol. The monoisotopic (exact) mass is 348 g/mol. The number of ether oxygens (including phenoxy) is 1. The molecular formula is C19H25ClN2O2. The van der Waals surface area contributed by atoms with Gasteiger partial charge in [-0.05, 0) is 36.6 Å². The Morgan fingerprint density at radius 1 is 1.21 bits per heavy atom. The summed E-state index contributed by atoms with van der Waals surface area (Å²) in [4.78, 5) is 14.4. The van der Waals surface area contributed by atoms with Crippen molar-refractivity contribution in [3.05, 3.63) is 65.2 Å². The molecule has 0 fully saturated rings. The van der Waals surface area contributed by atoms with E-state index in [0.717, 1.165) is 22.4 Å². The van der Waals surface area contributed by atoms with Gasteiger partial charge in [0.1, 0.15) is 11.3 Å². The maximum atomic E-state index is 12.8. The van der Waals surface area contributed by atoms with Crippen molar-refractivity contribution in [3.8, 4) is 5.75 Å². The third-order valence-corrected chi connectivity index (χ3v) is 4.04. The highest BCUT2D eigenvalue weighted by Gasteiger charge is 2.32. The first kappa shape index (κ1) is 20.0. The molecule has 0 aliphatic carbocycles. The summed E-state index contributed by atoms with van der Waals surface area (Å²) in [5.41, 5.74) is 8.15. The highest BCUT2D eigenvalue weighted by Crippen LogP contribution is 2.22. The van der Waals surface area contributed by atoms with Gasteiger partial charge in [-0.3, -0.25) is 4.79 Å². The Kier molecular flexibility index (Phi) is 6.81. The minimum absolute atomic E-state index is 0. The number of aryl methyl sites for hydroxylation is 1. The molecule has 0 aliphatic heterocycles. The molecule has 2 aromatic rings. The zero-order chi connectivity index (χ0) is 17.0. The summed E-state index contributed by atoms with van der Waals surface area (Å²) in [6.45, 7) is 4.24. The largest absolute Gasteiger partial charge is 0.496 e. The van der Waals surface area contributed by atoms with E-state index in [1.807, 2.05) is 55.5 Å². The fourth-order valence-corrected chi connectivity index (χ4v) is 2.69. The van der Waals surface area contributed by atoms with Crippen molar-refractivity contribution >= 4 is 18.3 Å². The molecule has 2 aromatic carbocycles. The summed E-state index contributed by atoms with van der Waals surface area (Å²) in [5, 5.41) is 0. The molecule has 1 atom stereocenters. The maximum absolute atomic E-state index is 12.8. The van der Waals surface area contributed by atoms with E-state index in [9.17, 15) is 4.79 Å². The van der Waals surface area contributed by atoms with Crippen LogP contribution in [0.2, 0.25) is 0 Å². The molecule has 1 amide bonds. The van der Waals surface area contributed by atoms with Gasteiger partial charge in [0.05, 0.1) is 7.11 Å². The van der Waals surface area contributed by atoms with Crippen molar-refractivity contribution in [1.82, 2.24) is 4.90 Å². The van der Waals surface area contributed by atoms with Crippen LogP contribution in [0.1, 0.15) is 23.6 Å². The molecule has 0 spiro atoms. The van der Waals surface area contributed by atoms with Gasteiger partial charge in [-0.2, -0.15) is 0 Å². The van der Waals surface area contributed by atoms with E-state index in [-0.39, 0.29) is 18.3 Å². The number of nitrogens with two attached hydrogens (primary N) is 1. The number of methoxy groups -OCH3 is 1. The minimum Gasteiger partial charge on any atom is -0.496 e. The molecule has 2 N–H and O–H groups in total. The Hall–Kier alpha value is -2.04. The van der Waals surface area contributed by atoms with Gasteiger partial charge in [-0.25, -0.2) is 0 Å². The zero-order valence-electron chi connectivity index (χ0n) is 14.6. The summed E-state index contributed by atoms with van der Waals surface area (Å²) >= 11 is 0. The lowest BCUT2D eigenvalue weighted by Crippen LogP contribution is -2.49. The third kappa shape index (κ3) is 4.28. The standard InChI is InChI=1S/C19H24N2O2.ClH/c1-14-12-15(10-11-17(14)23-4)13-21(3)18(22)19(2,20)16-8-6-5-7-9-16;/h5-12H,13,20H2,1-4H3;1H. The Morgan fingerprint density at radius 2 is 1.83 bits per heavy atom. The average Bonchev–Trinajstić information content (AvgIpc) is 2.55. The Balaban J connectivity index is 0.00000288. The van der Waals surface area contributed by atoms with Gasteiger partial charge in [-0.1, -0.05) is 42.5 Å². The van der Waals surface area contributed by atoms with Crippen molar-refractivity contribution in [1.29, 1.82) is 0 Å². The van der Waals surface area contributed by atoms with Crippen molar-refractivity contribution < 1.29 is 9.53 Å². The molecule has 0 bridgehead atoms. The van der Waals surface area contributed by atoms with Crippen LogP contribution in [0, 0.1) is 6.92 Å². The number of hydrogen-bond acceptors (Lipinski definition) is 3. The lowest BCUT2D eigenvalue weighted by Gasteiger charge is -2.30. The number of carbonyl (C=O) groups is 1. The van der Waals surface area contributed by atoms with Crippen LogP contribution in [0.3, 0.4) is 0 Å². The lowest BCUT2D eigenvalue weighted by atomic mass is 9.91. The van der Waals surface area contributed by atoms with Crippen LogP contribution >= 0.6 is 12.4 Å². The van der Waals surface area contributed by atoms with Gasteiger partial charge >= 0.3 is 0 Å². The Bertz CT molecular complexity index is 687. The second-order valence-corrected chi connectivity index (χ2v) is 6.03. The van der Waals surface area contributed by atoms with Crippen LogP contribution in [0.4, 0.5) is 0 Å². The molecule has 0 aromatic heterocycles. The number of likely N-dealkylation sites (N-methyl/N-ethyl adjacent to an activating group) is 1. The van der Waals surface area contributed by atoms with E-state index in [1.54, 1.807) is 26.0 Å². The number of halogens is 1. The van der Waals surface area contributed by atoms with Gasteiger partial charge < -0.3 is 15.4 Å². The second-order valence-electron chi connectivity index (χ2n) is 6.03. The van der Waals surface area contributed by atoms with Gasteiger partial charge in [0.25, 0.3) is 0 Å². The van der Waals surface area contributed by atoms with E-state index in [4.69, 9.17) is 10.5 Å². The number of rotatable bonds is 5. The number of carbonyl (C=O) groups excluding carboxylic acids is 1. The topological polar surface area (TPSA) is 55.6 Å². The first-order valence-electron chi connectivity index (χ1n) is 7.59. The van der Waals surface area contributed by atoms with Crippen LogP contribution in [-0.2, 0) is 16.9 Å². The first-order valence-corrected chi connectivity index (χ1v) is 7.59. The third-order valence-electron chi connectivity index (χ3n) is 4.04. The van der Waals surface area contributed by atoms with Gasteiger partial charge in [-0.15, -0.1) is 12.4 Å². The second kappa shape index (κ2) is 8.18.